The zero-order valence-electron chi connectivity index (χ0n) is 14.2. The molecular weight excluding hydrogens is 216 g/mol. The fourth-order valence-electron chi connectivity index (χ4n) is 4.82. The SMILES string of the molecule is CCCC1C(C)(C)C(C)(CCC(C)CC)C1(C)C. The molecule has 1 atom stereocenters. The Bertz CT molecular complexity index is 256. The predicted octanol–water partition coefficient (Wildman–Crippen LogP) is 6.30. The van der Waals surface area contributed by atoms with E-state index in [1.807, 2.05) is 0 Å². The Hall–Kier alpha value is 0. The molecule has 0 amide bonds. The number of hydrogen-bond acceptors (Lipinski definition) is 0. The van der Waals surface area contributed by atoms with Crippen molar-refractivity contribution in [1.29, 1.82) is 0 Å². The largest absolute Gasteiger partial charge is 0.0654 e. The second kappa shape index (κ2) is 5.17. The van der Waals surface area contributed by atoms with Gasteiger partial charge in [0.15, 0.2) is 0 Å². The number of rotatable bonds is 6. The van der Waals surface area contributed by atoms with E-state index in [9.17, 15) is 0 Å². The van der Waals surface area contributed by atoms with E-state index < -0.39 is 0 Å². The van der Waals surface area contributed by atoms with Crippen molar-refractivity contribution >= 4 is 0 Å². The monoisotopic (exact) mass is 252 g/mol. The summed E-state index contributed by atoms with van der Waals surface area (Å²) in [4.78, 5) is 0. The van der Waals surface area contributed by atoms with E-state index in [2.05, 4.69) is 55.4 Å². The summed E-state index contributed by atoms with van der Waals surface area (Å²) in [5.74, 6) is 1.79. The van der Waals surface area contributed by atoms with Crippen LogP contribution in [0, 0.1) is 28.1 Å². The van der Waals surface area contributed by atoms with Gasteiger partial charge in [0.2, 0.25) is 0 Å². The highest BCUT2D eigenvalue weighted by Gasteiger charge is 2.67. The smallest absolute Gasteiger partial charge is 0.0218 e. The van der Waals surface area contributed by atoms with Crippen molar-refractivity contribution < 1.29 is 0 Å². The molecule has 1 rings (SSSR count). The average Bonchev–Trinajstić information content (AvgIpc) is 2.31. The van der Waals surface area contributed by atoms with Crippen molar-refractivity contribution in [3.8, 4) is 0 Å². The van der Waals surface area contributed by atoms with Crippen LogP contribution in [0.1, 0.15) is 87.5 Å². The Labute approximate surface area is 116 Å². The van der Waals surface area contributed by atoms with Crippen LogP contribution in [-0.2, 0) is 0 Å². The molecule has 1 aliphatic carbocycles. The lowest BCUT2D eigenvalue weighted by molar-refractivity contribution is -0.245. The van der Waals surface area contributed by atoms with E-state index in [0.29, 0.717) is 16.2 Å². The van der Waals surface area contributed by atoms with E-state index in [1.165, 1.54) is 32.1 Å². The molecule has 108 valence electrons. The molecule has 0 heteroatoms. The molecule has 0 aromatic carbocycles. The zero-order chi connectivity index (χ0) is 14.2. The highest BCUT2D eigenvalue weighted by molar-refractivity contribution is 5.15. The van der Waals surface area contributed by atoms with E-state index in [1.54, 1.807) is 0 Å². The third-order valence-electron chi connectivity index (χ3n) is 7.00. The van der Waals surface area contributed by atoms with Crippen molar-refractivity contribution in [3.05, 3.63) is 0 Å². The van der Waals surface area contributed by atoms with Gasteiger partial charge in [-0.1, -0.05) is 74.7 Å². The molecule has 0 N–H and O–H groups in total. The van der Waals surface area contributed by atoms with Crippen LogP contribution in [0.2, 0.25) is 0 Å². The molecular formula is C18H36. The standard InChI is InChI=1S/C18H36/c1-9-11-15-16(4,5)18(8,17(15,6)7)13-12-14(3)10-2/h14-15H,9-13H2,1-8H3. The number of hydrogen-bond donors (Lipinski definition) is 0. The first-order valence-corrected chi connectivity index (χ1v) is 8.15. The molecule has 1 aliphatic rings. The molecule has 1 unspecified atom stereocenters. The van der Waals surface area contributed by atoms with Gasteiger partial charge >= 0.3 is 0 Å². The summed E-state index contributed by atoms with van der Waals surface area (Å²) in [5.41, 5.74) is 1.54. The third kappa shape index (κ3) is 2.14. The highest BCUT2D eigenvalue weighted by Crippen LogP contribution is 2.74. The van der Waals surface area contributed by atoms with Crippen LogP contribution in [0.3, 0.4) is 0 Å². The summed E-state index contributed by atoms with van der Waals surface area (Å²) in [6.45, 7) is 19.7. The normalized spacial score (nSPS) is 35.0. The minimum atomic E-state index is 0.514. The van der Waals surface area contributed by atoms with E-state index in [-0.39, 0.29) is 0 Å². The Morgan fingerprint density at radius 3 is 1.83 bits per heavy atom. The van der Waals surface area contributed by atoms with E-state index in [4.69, 9.17) is 0 Å². The molecule has 0 nitrogen and oxygen atoms in total. The van der Waals surface area contributed by atoms with Crippen molar-refractivity contribution in [3.63, 3.8) is 0 Å². The first kappa shape index (κ1) is 16.1. The molecule has 0 aromatic heterocycles. The second-order valence-corrected chi connectivity index (χ2v) is 8.17. The lowest BCUT2D eigenvalue weighted by Crippen LogP contribution is -2.66. The van der Waals surface area contributed by atoms with Crippen LogP contribution in [0.25, 0.3) is 0 Å². The van der Waals surface area contributed by atoms with Gasteiger partial charge in [-0.05, 0) is 40.9 Å². The van der Waals surface area contributed by atoms with E-state index >= 15 is 0 Å². The molecule has 18 heavy (non-hydrogen) atoms. The topological polar surface area (TPSA) is 0 Å². The van der Waals surface area contributed by atoms with Crippen molar-refractivity contribution in [1.82, 2.24) is 0 Å². The highest BCUT2D eigenvalue weighted by atomic mass is 14.7. The van der Waals surface area contributed by atoms with Crippen LogP contribution in [0.4, 0.5) is 0 Å². The van der Waals surface area contributed by atoms with Crippen LogP contribution < -0.4 is 0 Å². The van der Waals surface area contributed by atoms with Crippen LogP contribution in [-0.4, -0.2) is 0 Å². The average molecular weight is 252 g/mol. The summed E-state index contributed by atoms with van der Waals surface area (Å²) in [7, 11) is 0. The summed E-state index contributed by atoms with van der Waals surface area (Å²) in [6.07, 6.45) is 6.87. The first-order valence-electron chi connectivity index (χ1n) is 8.15. The van der Waals surface area contributed by atoms with Gasteiger partial charge < -0.3 is 0 Å². The van der Waals surface area contributed by atoms with Gasteiger partial charge in [-0.25, -0.2) is 0 Å². The molecule has 0 bridgehead atoms. The fourth-order valence-corrected chi connectivity index (χ4v) is 4.82. The third-order valence-corrected chi connectivity index (χ3v) is 7.00. The van der Waals surface area contributed by atoms with Crippen molar-refractivity contribution in [2.24, 2.45) is 28.1 Å². The summed E-state index contributed by atoms with van der Waals surface area (Å²) in [5, 5.41) is 0. The molecule has 0 radical (unpaired) electrons. The molecule has 0 heterocycles. The van der Waals surface area contributed by atoms with Gasteiger partial charge in [0.1, 0.15) is 0 Å². The Balaban J connectivity index is 2.81. The first-order chi connectivity index (χ1) is 8.15. The summed E-state index contributed by atoms with van der Waals surface area (Å²) < 4.78 is 0. The van der Waals surface area contributed by atoms with Crippen LogP contribution in [0.5, 0.6) is 0 Å². The Morgan fingerprint density at radius 2 is 1.44 bits per heavy atom. The van der Waals surface area contributed by atoms with Crippen LogP contribution >= 0.6 is 0 Å². The van der Waals surface area contributed by atoms with E-state index in [0.717, 1.165) is 11.8 Å². The Morgan fingerprint density at radius 1 is 0.944 bits per heavy atom. The fraction of sp³-hybridized carbons (Fsp3) is 1.00. The maximum absolute atomic E-state index is 2.56. The molecule has 0 saturated heterocycles. The van der Waals surface area contributed by atoms with Gasteiger partial charge in [-0.15, -0.1) is 0 Å². The zero-order valence-corrected chi connectivity index (χ0v) is 14.2. The second-order valence-electron chi connectivity index (χ2n) is 8.17. The van der Waals surface area contributed by atoms with Gasteiger partial charge in [0.05, 0.1) is 0 Å². The van der Waals surface area contributed by atoms with Gasteiger partial charge in [-0.2, -0.15) is 0 Å². The molecule has 1 saturated carbocycles. The summed E-state index contributed by atoms with van der Waals surface area (Å²) in [6, 6.07) is 0. The van der Waals surface area contributed by atoms with Gasteiger partial charge in [0, 0.05) is 0 Å². The van der Waals surface area contributed by atoms with Crippen molar-refractivity contribution in [2.75, 3.05) is 0 Å². The molecule has 0 aromatic rings. The maximum atomic E-state index is 2.56. The van der Waals surface area contributed by atoms with Crippen LogP contribution in [0.15, 0.2) is 0 Å². The predicted molar refractivity (Wildman–Crippen MR) is 82.8 cm³/mol. The van der Waals surface area contributed by atoms with Gasteiger partial charge in [0.25, 0.3) is 0 Å². The quantitative estimate of drug-likeness (QED) is 0.520. The van der Waals surface area contributed by atoms with Gasteiger partial charge in [-0.3, -0.25) is 0 Å². The summed E-state index contributed by atoms with van der Waals surface area (Å²) >= 11 is 0. The minimum absolute atomic E-state index is 0.514. The minimum Gasteiger partial charge on any atom is -0.0654 e. The Kier molecular flexibility index (Phi) is 4.62. The maximum Gasteiger partial charge on any atom is -0.0218 e. The molecule has 0 spiro atoms. The molecule has 1 fully saturated rings. The molecule has 0 aliphatic heterocycles. The lowest BCUT2D eigenvalue weighted by Gasteiger charge is -2.73. The van der Waals surface area contributed by atoms with Crippen molar-refractivity contribution in [2.45, 2.75) is 87.5 Å². The lowest BCUT2D eigenvalue weighted by atomic mass is 9.32.